The predicted molar refractivity (Wildman–Crippen MR) is 145 cm³/mol. The Bertz CT molecular complexity index is 1440. The third-order valence-corrected chi connectivity index (χ3v) is 6.41. The number of nitrogens with two attached hydrogens (primary N) is 1. The number of ether oxygens (including phenoxy) is 2. The molecule has 10 nitrogen and oxygen atoms in total. The van der Waals surface area contributed by atoms with Gasteiger partial charge in [0.1, 0.15) is 23.0 Å². The van der Waals surface area contributed by atoms with Crippen LogP contribution in [0.25, 0.3) is 21.9 Å². The third kappa shape index (κ3) is 6.15. The molecule has 2 aromatic carbocycles. The summed E-state index contributed by atoms with van der Waals surface area (Å²) in [4.78, 5) is 34.7. The van der Waals surface area contributed by atoms with Crippen molar-refractivity contribution in [3.8, 4) is 5.75 Å². The Hall–Kier alpha value is -3.89. The van der Waals surface area contributed by atoms with Gasteiger partial charge in [0, 0.05) is 44.1 Å². The maximum Gasteiger partial charge on any atom is 0.341 e. The van der Waals surface area contributed by atoms with E-state index in [1.165, 1.54) is 0 Å². The van der Waals surface area contributed by atoms with Crippen molar-refractivity contribution in [1.29, 1.82) is 0 Å². The molecule has 2 heterocycles. The lowest BCUT2D eigenvalue weighted by atomic mass is 10.1. The number of halogens is 1. The Kier molecular flexibility index (Phi) is 8.98. The van der Waals surface area contributed by atoms with Crippen LogP contribution in [-0.2, 0) is 33.8 Å². The fourth-order valence-corrected chi connectivity index (χ4v) is 4.62. The van der Waals surface area contributed by atoms with Crippen molar-refractivity contribution in [3.05, 3.63) is 59.9 Å². The number of carboxylic acids is 1. The van der Waals surface area contributed by atoms with E-state index < -0.39 is 12.6 Å². The smallest absolute Gasteiger partial charge is 0.341 e. The van der Waals surface area contributed by atoms with E-state index in [1.54, 1.807) is 30.2 Å². The van der Waals surface area contributed by atoms with Crippen LogP contribution >= 0.6 is 11.6 Å². The number of aromatic nitrogens is 3. The first-order valence-electron chi connectivity index (χ1n) is 12.2. The molecule has 0 saturated heterocycles. The molecule has 0 radical (unpaired) electrons. The quantitative estimate of drug-likeness (QED) is 0.247. The second-order valence-electron chi connectivity index (χ2n) is 8.73. The van der Waals surface area contributed by atoms with Crippen molar-refractivity contribution in [2.24, 2.45) is 0 Å². The average Bonchev–Trinajstić information content (AvgIpc) is 3.29. The lowest BCUT2D eigenvalue weighted by molar-refractivity contribution is -0.139. The van der Waals surface area contributed by atoms with E-state index in [1.807, 2.05) is 30.3 Å². The third-order valence-electron chi connectivity index (χ3n) is 6.18. The molecule has 0 saturated carbocycles. The van der Waals surface area contributed by atoms with E-state index in [0.29, 0.717) is 55.2 Å². The Balaban J connectivity index is 1.59. The monoisotopic (exact) mass is 539 g/mol. The highest BCUT2D eigenvalue weighted by atomic mass is 35.5. The lowest BCUT2D eigenvalue weighted by Gasteiger charge is -2.23. The van der Waals surface area contributed by atoms with E-state index in [-0.39, 0.29) is 18.3 Å². The van der Waals surface area contributed by atoms with Crippen LogP contribution in [0, 0.1) is 0 Å². The average molecular weight is 540 g/mol. The number of carbonyl (C=O) groups excluding carboxylic acids is 1. The van der Waals surface area contributed by atoms with Gasteiger partial charge in [0.05, 0.1) is 17.6 Å². The fraction of sp³-hybridized carbons (Fsp3) is 0.333. The van der Waals surface area contributed by atoms with Crippen LogP contribution in [0.5, 0.6) is 5.75 Å². The summed E-state index contributed by atoms with van der Waals surface area (Å²) in [5.41, 5.74) is 9.31. The van der Waals surface area contributed by atoms with Gasteiger partial charge in [-0.1, -0.05) is 36.4 Å². The molecule has 0 unspecified atom stereocenters. The first-order valence-corrected chi connectivity index (χ1v) is 12.7. The Morgan fingerprint density at radius 3 is 2.66 bits per heavy atom. The first kappa shape index (κ1) is 27.2. The zero-order chi connectivity index (χ0) is 27.1. The molecule has 11 heteroatoms. The number of carbonyl (C=O) groups is 2. The molecule has 1 amide bonds. The number of alkyl halides is 1. The number of benzene rings is 2. The second-order valence-corrected chi connectivity index (χ2v) is 8.99. The van der Waals surface area contributed by atoms with Crippen molar-refractivity contribution in [2.45, 2.75) is 25.9 Å². The number of fused-ring (bicyclic) bond motifs is 3. The number of pyridine rings is 1. The van der Waals surface area contributed by atoms with Gasteiger partial charge in [0.15, 0.2) is 12.4 Å². The number of nitrogen functional groups attached to an aromatic ring is 1. The topological polar surface area (TPSA) is 133 Å². The summed E-state index contributed by atoms with van der Waals surface area (Å²) >= 11 is 5.93. The van der Waals surface area contributed by atoms with Gasteiger partial charge in [-0.25, -0.2) is 14.8 Å². The van der Waals surface area contributed by atoms with Crippen molar-refractivity contribution in [2.75, 3.05) is 38.5 Å². The minimum Gasteiger partial charge on any atom is -0.482 e. The largest absolute Gasteiger partial charge is 0.482 e. The first-order chi connectivity index (χ1) is 18.4. The number of hydrogen-bond acceptors (Lipinski definition) is 7. The fourth-order valence-electron chi connectivity index (χ4n) is 4.45. The number of aryl methyl sites for hydroxylation is 1. The van der Waals surface area contributed by atoms with E-state index in [9.17, 15) is 9.59 Å². The molecule has 3 N–H and O–H groups in total. The molecule has 4 rings (SSSR count). The van der Waals surface area contributed by atoms with Gasteiger partial charge in [-0.3, -0.25) is 4.79 Å². The summed E-state index contributed by atoms with van der Waals surface area (Å²) < 4.78 is 12.8. The molecule has 4 aromatic rings. The number of amides is 1. The Morgan fingerprint density at radius 1 is 1.13 bits per heavy atom. The van der Waals surface area contributed by atoms with Crippen LogP contribution in [0.3, 0.4) is 0 Å². The molecule has 0 aliphatic carbocycles. The van der Waals surface area contributed by atoms with Gasteiger partial charge >= 0.3 is 5.97 Å². The number of para-hydroxylation sites is 2. The van der Waals surface area contributed by atoms with Gasteiger partial charge in [0.25, 0.3) is 0 Å². The molecule has 0 bridgehead atoms. The van der Waals surface area contributed by atoms with Crippen LogP contribution in [0.4, 0.5) is 5.82 Å². The molecule has 38 heavy (non-hydrogen) atoms. The Labute approximate surface area is 224 Å². The summed E-state index contributed by atoms with van der Waals surface area (Å²) in [6, 6.07) is 14.9. The van der Waals surface area contributed by atoms with Gasteiger partial charge in [-0.05, 0) is 18.6 Å². The highest BCUT2D eigenvalue weighted by Crippen LogP contribution is 2.29. The summed E-state index contributed by atoms with van der Waals surface area (Å²) in [5.74, 6) is 0.141. The van der Waals surface area contributed by atoms with Gasteiger partial charge in [-0.15, -0.1) is 11.6 Å². The molecule has 200 valence electrons. The number of hydrogen-bond donors (Lipinski definition) is 2. The van der Waals surface area contributed by atoms with Crippen molar-refractivity contribution < 1.29 is 24.2 Å². The van der Waals surface area contributed by atoms with Crippen LogP contribution < -0.4 is 10.5 Å². The van der Waals surface area contributed by atoms with Crippen LogP contribution in [0.1, 0.15) is 17.8 Å². The maximum atomic E-state index is 12.7. The van der Waals surface area contributed by atoms with Crippen LogP contribution in [0.15, 0.2) is 48.5 Å². The van der Waals surface area contributed by atoms with Gasteiger partial charge in [-0.2, -0.15) is 0 Å². The summed E-state index contributed by atoms with van der Waals surface area (Å²) in [5, 5.41) is 9.93. The molecule has 2 aromatic heterocycles. The van der Waals surface area contributed by atoms with Crippen molar-refractivity contribution >= 4 is 51.2 Å². The molecular weight excluding hydrogens is 510 g/mol. The van der Waals surface area contributed by atoms with Crippen molar-refractivity contribution in [1.82, 2.24) is 19.4 Å². The maximum absolute atomic E-state index is 12.7. The number of imidazole rings is 1. The number of rotatable bonds is 13. The van der Waals surface area contributed by atoms with Gasteiger partial charge in [0.2, 0.25) is 5.91 Å². The number of methoxy groups -OCH3 is 1. The second kappa shape index (κ2) is 12.6. The van der Waals surface area contributed by atoms with E-state index >= 15 is 0 Å². The SMILES string of the molecule is COCCc1nc2c(N)nc3ccccc3c2n1CCCN(Cc1ccccc1OCC(=O)O)C(=O)CCl. The molecule has 0 spiro atoms. The minimum atomic E-state index is -1.08. The standard InChI is InChI=1S/C27H30ClN5O5/c1-37-14-11-22-31-25-26(19-8-3-4-9-20(19)30-27(25)29)33(22)13-6-12-32(23(34)15-28)16-18-7-2-5-10-21(18)38-17-24(35)36/h2-5,7-10H,6,11-17H2,1H3,(H2,29,30)(H,35,36). The van der Waals surface area contributed by atoms with E-state index in [0.717, 1.165) is 22.2 Å². The Morgan fingerprint density at radius 2 is 1.89 bits per heavy atom. The molecule has 0 aliphatic heterocycles. The summed E-state index contributed by atoms with van der Waals surface area (Å²) in [6.07, 6.45) is 1.21. The molecule has 0 atom stereocenters. The molecule has 0 fully saturated rings. The highest BCUT2D eigenvalue weighted by molar-refractivity contribution is 6.27. The van der Waals surface area contributed by atoms with Gasteiger partial charge < -0.3 is 29.8 Å². The van der Waals surface area contributed by atoms with Crippen LogP contribution in [0.2, 0.25) is 0 Å². The molecule has 0 aliphatic rings. The normalized spacial score (nSPS) is 11.2. The number of aliphatic carboxylic acids is 1. The number of nitrogens with zero attached hydrogens (tertiary/aromatic N) is 4. The zero-order valence-corrected chi connectivity index (χ0v) is 21.9. The van der Waals surface area contributed by atoms with Crippen LogP contribution in [-0.4, -0.2) is 69.2 Å². The minimum absolute atomic E-state index is 0.169. The summed E-state index contributed by atoms with van der Waals surface area (Å²) in [7, 11) is 1.64. The lowest BCUT2D eigenvalue weighted by Crippen LogP contribution is -2.33. The summed E-state index contributed by atoms with van der Waals surface area (Å²) in [6.45, 7) is 1.26. The number of anilines is 1. The van der Waals surface area contributed by atoms with E-state index in [2.05, 4.69) is 9.55 Å². The number of carboxylic acid groups (broad SMARTS) is 1. The highest BCUT2D eigenvalue weighted by Gasteiger charge is 2.19. The van der Waals surface area contributed by atoms with Crippen molar-refractivity contribution in [3.63, 3.8) is 0 Å². The predicted octanol–water partition coefficient (Wildman–Crippen LogP) is 3.48. The zero-order valence-electron chi connectivity index (χ0n) is 21.1. The molecular formula is C27H30ClN5O5. The van der Waals surface area contributed by atoms with E-state index in [4.69, 9.17) is 36.9 Å².